The lowest BCUT2D eigenvalue weighted by molar-refractivity contribution is -0.152. The van der Waals surface area contributed by atoms with Crippen LogP contribution in [0.25, 0.3) is 0 Å². The van der Waals surface area contributed by atoms with Gasteiger partial charge in [-0.05, 0) is 61.3 Å². The second kappa shape index (κ2) is 12.8. The molecule has 0 unspecified atom stereocenters. The molecule has 0 aromatic rings. The van der Waals surface area contributed by atoms with E-state index in [-0.39, 0.29) is 57.8 Å². The highest BCUT2D eigenvalue weighted by Gasteiger charge is 2.60. The first-order chi connectivity index (χ1) is 18.1. The van der Waals surface area contributed by atoms with Gasteiger partial charge in [0.25, 0.3) is 0 Å². The Kier molecular flexibility index (Phi) is 11.5. The van der Waals surface area contributed by atoms with Crippen LogP contribution < -0.4 is 0 Å². The summed E-state index contributed by atoms with van der Waals surface area (Å²) in [4.78, 5) is 13.8. The Morgan fingerprint density at radius 3 is 1.77 bits per heavy atom. The zero-order valence-electron chi connectivity index (χ0n) is 29.0. The maximum absolute atomic E-state index is 13.8. The highest BCUT2D eigenvalue weighted by Crippen LogP contribution is 2.55. The van der Waals surface area contributed by atoms with Crippen LogP contribution in [0, 0.1) is 29.6 Å². The number of esters is 1. The summed E-state index contributed by atoms with van der Waals surface area (Å²) in [6, 6.07) is 3.33. The average Bonchev–Trinajstić information content (AvgIpc) is 3.08. The molecule has 0 N–H and O–H groups in total. The van der Waals surface area contributed by atoms with Gasteiger partial charge < -0.3 is 18.0 Å². The van der Waals surface area contributed by atoms with Gasteiger partial charge in [-0.25, -0.2) is 0 Å². The van der Waals surface area contributed by atoms with Crippen molar-refractivity contribution in [3.05, 3.63) is 11.6 Å². The van der Waals surface area contributed by atoms with Gasteiger partial charge >= 0.3 is 5.97 Å². The van der Waals surface area contributed by atoms with E-state index in [1.165, 1.54) is 12.7 Å². The summed E-state index contributed by atoms with van der Waals surface area (Å²) in [5, 5.41) is 0.174. The van der Waals surface area contributed by atoms with Gasteiger partial charge in [0, 0.05) is 30.3 Å². The maximum atomic E-state index is 13.8. The third-order valence-electron chi connectivity index (χ3n) is 11.6. The van der Waals surface area contributed by atoms with E-state index in [1.807, 2.05) is 0 Å². The maximum Gasteiger partial charge on any atom is 0.309 e. The first kappa shape index (κ1) is 35.9. The lowest BCUT2D eigenvalue weighted by Gasteiger charge is -2.45. The SMILES string of the molecule is CC[Si](CC)(CC)O[C@H]1[C@H](C)[C@@H](O[Si](C)(C)C(C)(C)C)[C@@H]2[C@@H]1C=C(C)[C@@H](CO[Si](C)(C)C(C)(C)C)[C@H]2C(=O)OC. The highest BCUT2D eigenvalue weighted by atomic mass is 28.4. The van der Waals surface area contributed by atoms with Crippen LogP contribution in [0.3, 0.4) is 0 Å². The van der Waals surface area contributed by atoms with Crippen LogP contribution in [0.4, 0.5) is 0 Å². The fraction of sp³-hybridized carbons (Fsp3) is 0.906. The molecule has 0 amide bonds. The van der Waals surface area contributed by atoms with Gasteiger partial charge in [0.1, 0.15) is 0 Å². The molecule has 0 spiro atoms. The van der Waals surface area contributed by atoms with Crippen LogP contribution in [0.15, 0.2) is 11.6 Å². The van der Waals surface area contributed by atoms with E-state index in [0.29, 0.717) is 6.61 Å². The minimum Gasteiger partial charge on any atom is -0.469 e. The van der Waals surface area contributed by atoms with Gasteiger partial charge in [-0.2, -0.15) is 0 Å². The molecule has 2 aliphatic carbocycles. The normalized spacial score (nSPS) is 30.2. The van der Waals surface area contributed by atoms with Crippen molar-refractivity contribution in [2.45, 2.75) is 143 Å². The molecular formula is C32H64O5Si3. The third-order valence-corrected chi connectivity index (χ3v) is 25.2. The van der Waals surface area contributed by atoms with E-state index in [2.05, 4.69) is 108 Å². The number of methoxy groups -OCH3 is 1. The fourth-order valence-electron chi connectivity index (χ4n) is 6.34. The number of rotatable bonds is 11. The molecule has 0 aromatic heterocycles. The Hall–Kier alpha value is -0.259. The topological polar surface area (TPSA) is 54.0 Å². The van der Waals surface area contributed by atoms with Crippen molar-refractivity contribution in [1.29, 1.82) is 0 Å². The Morgan fingerprint density at radius 2 is 1.35 bits per heavy atom. The quantitative estimate of drug-likeness (QED) is 0.132. The van der Waals surface area contributed by atoms with Gasteiger partial charge in [0.05, 0.1) is 25.2 Å². The first-order valence-electron chi connectivity index (χ1n) is 15.9. The lowest BCUT2D eigenvalue weighted by Crippen LogP contribution is -2.51. The summed E-state index contributed by atoms with van der Waals surface area (Å²) in [6.07, 6.45) is 2.44. The van der Waals surface area contributed by atoms with Crippen molar-refractivity contribution in [2.24, 2.45) is 29.6 Å². The molecule has 40 heavy (non-hydrogen) atoms. The lowest BCUT2D eigenvalue weighted by atomic mass is 9.68. The van der Waals surface area contributed by atoms with Crippen LogP contribution in [0.1, 0.15) is 76.2 Å². The molecule has 0 heterocycles. The number of hydrogen-bond donors (Lipinski definition) is 0. The van der Waals surface area contributed by atoms with Gasteiger partial charge in [-0.1, -0.05) is 80.9 Å². The molecule has 1 fully saturated rings. The predicted molar refractivity (Wildman–Crippen MR) is 176 cm³/mol. The van der Waals surface area contributed by atoms with Gasteiger partial charge in [-0.3, -0.25) is 4.79 Å². The van der Waals surface area contributed by atoms with E-state index in [1.54, 1.807) is 0 Å². The van der Waals surface area contributed by atoms with E-state index >= 15 is 0 Å². The minimum atomic E-state index is -2.13. The molecule has 8 heteroatoms. The largest absolute Gasteiger partial charge is 0.469 e. The molecule has 0 bridgehead atoms. The summed E-state index contributed by atoms with van der Waals surface area (Å²) >= 11 is 0. The van der Waals surface area contributed by atoms with Gasteiger partial charge in [0.15, 0.2) is 25.0 Å². The molecule has 0 saturated heterocycles. The number of carbonyl (C=O) groups excluding carboxylic acids is 1. The van der Waals surface area contributed by atoms with Crippen molar-refractivity contribution in [3.8, 4) is 0 Å². The fourth-order valence-corrected chi connectivity index (χ4v) is 11.7. The number of hydrogen-bond acceptors (Lipinski definition) is 5. The second-order valence-electron chi connectivity index (χ2n) is 15.8. The van der Waals surface area contributed by atoms with Crippen LogP contribution >= 0.6 is 0 Å². The monoisotopic (exact) mass is 612 g/mol. The van der Waals surface area contributed by atoms with Crippen molar-refractivity contribution in [3.63, 3.8) is 0 Å². The van der Waals surface area contributed by atoms with Crippen LogP contribution in [0.5, 0.6) is 0 Å². The van der Waals surface area contributed by atoms with Crippen molar-refractivity contribution < 1.29 is 22.8 Å². The first-order valence-corrected chi connectivity index (χ1v) is 24.2. The van der Waals surface area contributed by atoms with Crippen molar-refractivity contribution in [1.82, 2.24) is 0 Å². The summed E-state index contributed by atoms with van der Waals surface area (Å²) in [5.74, 6) is -0.128. The molecule has 5 nitrogen and oxygen atoms in total. The number of carbonyl (C=O) groups is 1. The van der Waals surface area contributed by atoms with E-state index < -0.39 is 25.0 Å². The zero-order chi connectivity index (χ0) is 31.1. The van der Waals surface area contributed by atoms with Crippen LogP contribution in [-0.2, 0) is 22.8 Å². The molecule has 2 rings (SSSR count). The highest BCUT2D eigenvalue weighted by molar-refractivity contribution is 6.74. The molecule has 1 saturated carbocycles. The Bertz CT molecular complexity index is 889. The Labute approximate surface area is 250 Å². The molecule has 7 atom stereocenters. The molecule has 0 aromatic carbocycles. The van der Waals surface area contributed by atoms with E-state index in [9.17, 15) is 4.79 Å². The summed E-state index contributed by atoms with van der Waals surface area (Å²) in [6.45, 7) is 34.9. The summed E-state index contributed by atoms with van der Waals surface area (Å²) < 4.78 is 27.0. The molecule has 234 valence electrons. The minimum absolute atomic E-state index is 0.00978. The molecule has 2 aliphatic rings. The number of ether oxygens (including phenoxy) is 1. The van der Waals surface area contributed by atoms with E-state index in [0.717, 1.165) is 18.1 Å². The zero-order valence-corrected chi connectivity index (χ0v) is 32.0. The smallest absolute Gasteiger partial charge is 0.309 e. The summed E-state index contributed by atoms with van der Waals surface area (Å²) in [7, 11) is -4.49. The molecule has 0 aliphatic heterocycles. The summed E-state index contributed by atoms with van der Waals surface area (Å²) in [5.41, 5.74) is 1.24. The second-order valence-corrected chi connectivity index (χ2v) is 30.1. The molecular weight excluding hydrogens is 549 g/mol. The Balaban J connectivity index is 2.67. The number of fused-ring (bicyclic) bond motifs is 1. The van der Waals surface area contributed by atoms with Crippen molar-refractivity contribution >= 4 is 30.9 Å². The van der Waals surface area contributed by atoms with Crippen LogP contribution in [-0.4, -0.2) is 56.8 Å². The standard InChI is InChI=1S/C32H64O5Si3/c1-17-40(18-2,19-3)37-28-23(5)29(36-39(15,16)32(9,10)11)26-24(28)20-22(4)25(27(26)30(33)34-12)21-35-38(13,14)31(6,7)8/h20,23-29H,17-19,21H2,1-16H3/t23-,24-,25+,26+,27+,28-,29+/m0/s1. The van der Waals surface area contributed by atoms with E-state index in [4.69, 9.17) is 18.0 Å². The molecule has 0 radical (unpaired) electrons. The van der Waals surface area contributed by atoms with Crippen molar-refractivity contribution in [2.75, 3.05) is 13.7 Å². The predicted octanol–water partition coefficient (Wildman–Crippen LogP) is 9.04. The Morgan fingerprint density at radius 1 is 0.850 bits per heavy atom. The average molecular weight is 613 g/mol. The van der Waals surface area contributed by atoms with Crippen LogP contribution in [0.2, 0.25) is 54.4 Å². The third kappa shape index (κ3) is 7.09. The van der Waals surface area contributed by atoms with Gasteiger partial charge in [0.2, 0.25) is 0 Å². The van der Waals surface area contributed by atoms with Gasteiger partial charge in [-0.15, -0.1) is 0 Å².